The first kappa shape index (κ1) is 17.4. The molecule has 1 fully saturated rings. The normalized spacial score (nSPS) is 20.1. The summed E-state index contributed by atoms with van der Waals surface area (Å²) in [5, 5.41) is 11.0. The third-order valence-electron chi connectivity index (χ3n) is 3.52. The fourth-order valence-electron chi connectivity index (χ4n) is 2.38. The van der Waals surface area contributed by atoms with Crippen LogP contribution in [0.4, 0.5) is 0 Å². The lowest BCUT2D eigenvalue weighted by molar-refractivity contribution is -0.142. The van der Waals surface area contributed by atoms with Gasteiger partial charge < -0.3 is 9.84 Å². The predicted octanol–water partition coefficient (Wildman–Crippen LogP) is 1.03. The molecule has 1 unspecified atom stereocenters. The molecule has 1 atom stereocenters. The van der Waals surface area contributed by atoms with Crippen LogP contribution in [0.5, 0.6) is 0 Å². The van der Waals surface area contributed by atoms with Gasteiger partial charge in [0.25, 0.3) is 10.2 Å². The molecule has 1 aromatic rings. The summed E-state index contributed by atoms with van der Waals surface area (Å²) in [4.78, 5) is 11.9. The number of aliphatic carboxylic acids is 1. The largest absolute Gasteiger partial charge is 0.481 e. The summed E-state index contributed by atoms with van der Waals surface area (Å²) in [7, 11) is -2.05. The first-order valence-electron chi connectivity index (χ1n) is 6.95. The maximum Gasteiger partial charge on any atom is 0.307 e. The van der Waals surface area contributed by atoms with Crippen LogP contribution in [0.2, 0.25) is 0 Å². The number of ether oxygens (including phenoxy) is 1. The zero-order valence-corrected chi connectivity index (χ0v) is 14.0. The Bertz CT molecular complexity index is 614. The van der Waals surface area contributed by atoms with Crippen molar-refractivity contribution >= 4 is 27.5 Å². The maximum absolute atomic E-state index is 12.3. The van der Waals surface area contributed by atoms with Crippen molar-refractivity contribution in [1.29, 1.82) is 0 Å². The molecule has 0 bridgehead atoms. The third kappa shape index (κ3) is 4.50. The Balaban J connectivity index is 1.93. The average molecular weight is 348 g/mol. The van der Waals surface area contributed by atoms with Crippen molar-refractivity contribution in [2.24, 2.45) is 5.92 Å². The molecule has 2 N–H and O–H groups in total. The van der Waals surface area contributed by atoms with Crippen LogP contribution in [0.15, 0.2) is 11.4 Å². The molecule has 0 aliphatic carbocycles. The summed E-state index contributed by atoms with van der Waals surface area (Å²) >= 11 is 1.46. The van der Waals surface area contributed by atoms with Crippen molar-refractivity contribution < 1.29 is 23.1 Å². The summed E-state index contributed by atoms with van der Waals surface area (Å²) in [6.07, 6.45) is 1.08. The first-order valence-corrected chi connectivity index (χ1v) is 9.27. The van der Waals surface area contributed by atoms with Gasteiger partial charge in [-0.25, -0.2) is 0 Å². The molecule has 0 aromatic carbocycles. The van der Waals surface area contributed by atoms with Gasteiger partial charge in [0.1, 0.15) is 0 Å². The van der Waals surface area contributed by atoms with Crippen molar-refractivity contribution in [2.75, 3.05) is 20.2 Å². The summed E-state index contributed by atoms with van der Waals surface area (Å²) in [5.41, 5.74) is 1.01. The number of carboxylic acids is 1. The van der Waals surface area contributed by atoms with E-state index in [0.29, 0.717) is 26.0 Å². The summed E-state index contributed by atoms with van der Waals surface area (Å²) in [6, 6.07) is 1.90. The number of hydrogen-bond donors (Lipinski definition) is 2. The Kier molecular flexibility index (Phi) is 5.93. The van der Waals surface area contributed by atoms with E-state index in [-0.39, 0.29) is 13.1 Å². The van der Waals surface area contributed by atoms with Crippen LogP contribution in [-0.4, -0.2) is 44.0 Å². The van der Waals surface area contributed by atoms with Crippen molar-refractivity contribution in [2.45, 2.75) is 26.0 Å². The van der Waals surface area contributed by atoms with E-state index in [0.717, 1.165) is 10.4 Å². The van der Waals surface area contributed by atoms with Gasteiger partial charge >= 0.3 is 5.97 Å². The number of nitrogens with zero attached hydrogens (tertiary/aromatic N) is 1. The van der Waals surface area contributed by atoms with Gasteiger partial charge in [-0.2, -0.15) is 17.4 Å². The van der Waals surface area contributed by atoms with Gasteiger partial charge in [0.15, 0.2) is 0 Å². The van der Waals surface area contributed by atoms with Gasteiger partial charge in [0.2, 0.25) is 0 Å². The second-order valence-electron chi connectivity index (χ2n) is 5.22. The number of rotatable bonds is 7. The van der Waals surface area contributed by atoms with E-state index in [2.05, 4.69) is 4.72 Å². The molecule has 1 aromatic heterocycles. The number of carboxylic acid groups (broad SMARTS) is 1. The van der Waals surface area contributed by atoms with Crippen LogP contribution in [0.1, 0.15) is 23.3 Å². The van der Waals surface area contributed by atoms with Gasteiger partial charge in [-0.3, -0.25) is 4.79 Å². The molecule has 0 radical (unpaired) electrons. The molecular weight excluding hydrogens is 328 g/mol. The zero-order chi connectivity index (χ0) is 16.2. The highest BCUT2D eigenvalue weighted by molar-refractivity contribution is 7.87. The second kappa shape index (κ2) is 7.51. The van der Waals surface area contributed by atoms with Gasteiger partial charge in [-0.05, 0) is 29.9 Å². The molecule has 7 nitrogen and oxygen atoms in total. The monoisotopic (exact) mass is 348 g/mol. The predicted molar refractivity (Wildman–Crippen MR) is 82.7 cm³/mol. The van der Waals surface area contributed by atoms with E-state index in [1.54, 1.807) is 7.11 Å². The smallest absolute Gasteiger partial charge is 0.307 e. The van der Waals surface area contributed by atoms with E-state index in [4.69, 9.17) is 9.84 Å². The fraction of sp³-hybridized carbons (Fsp3) is 0.615. The Hall–Kier alpha value is -1.00. The number of nitrogens with one attached hydrogen (secondary N) is 1. The molecule has 9 heteroatoms. The van der Waals surface area contributed by atoms with E-state index in [9.17, 15) is 13.2 Å². The van der Waals surface area contributed by atoms with E-state index in [1.807, 2.05) is 11.4 Å². The van der Waals surface area contributed by atoms with Crippen molar-refractivity contribution in [3.05, 3.63) is 21.9 Å². The van der Waals surface area contributed by atoms with Crippen molar-refractivity contribution in [3.63, 3.8) is 0 Å². The highest BCUT2D eigenvalue weighted by atomic mass is 32.2. The van der Waals surface area contributed by atoms with Crippen LogP contribution < -0.4 is 4.72 Å². The molecular formula is C13H20N2O5S2. The second-order valence-corrected chi connectivity index (χ2v) is 7.97. The first-order chi connectivity index (χ1) is 10.4. The molecule has 124 valence electrons. The lowest BCUT2D eigenvalue weighted by Gasteiger charge is -2.29. The number of methoxy groups -OCH3 is 1. The molecule has 1 saturated heterocycles. The Labute approximate surface area is 134 Å². The van der Waals surface area contributed by atoms with Gasteiger partial charge in [-0.15, -0.1) is 11.3 Å². The van der Waals surface area contributed by atoms with Crippen LogP contribution >= 0.6 is 11.3 Å². The van der Waals surface area contributed by atoms with Gasteiger partial charge in [0, 0.05) is 31.6 Å². The van der Waals surface area contributed by atoms with E-state index < -0.39 is 22.1 Å². The topological polar surface area (TPSA) is 95.9 Å². The molecule has 1 aliphatic rings. The molecule has 0 spiro atoms. The van der Waals surface area contributed by atoms with Crippen LogP contribution in [0.3, 0.4) is 0 Å². The van der Waals surface area contributed by atoms with Crippen molar-refractivity contribution in [3.8, 4) is 0 Å². The molecule has 1 aliphatic heterocycles. The standard InChI is InChI=1S/C13H20N2O5S2/c1-20-8-10-5-12(21-9-10)6-14-22(18,19)15-4-2-3-11(7-15)13(16)17/h5,9,11,14H,2-4,6-8H2,1H3,(H,16,17). The minimum absolute atomic E-state index is 0.0318. The molecule has 2 heterocycles. The van der Waals surface area contributed by atoms with E-state index in [1.165, 1.54) is 15.6 Å². The third-order valence-corrected chi connectivity index (χ3v) is 6.03. The number of thiophene rings is 1. The lowest BCUT2D eigenvalue weighted by Crippen LogP contribution is -2.47. The Morgan fingerprint density at radius 1 is 1.59 bits per heavy atom. The molecule has 2 rings (SSSR count). The highest BCUT2D eigenvalue weighted by Gasteiger charge is 2.32. The van der Waals surface area contributed by atoms with Gasteiger partial charge in [-0.1, -0.05) is 0 Å². The molecule has 22 heavy (non-hydrogen) atoms. The zero-order valence-electron chi connectivity index (χ0n) is 12.3. The highest BCUT2D eigenvalue weighted by Crippen LogP contribution is 2.20. The quantitative estimate of drug-likeness (QED) is 0.767. The number of carbonyl (C=O) groups is 1. The minimum Gasteiger partial charge on any atom is -0.481 e. The van der Waals surface area contributed by atoms with Crippen LogP contribution in [0, 0.1) is 5.92 Å². The summed E-state index contributed by atoms with van der Waals surface area (Å²) in [6.45, 7) is 1.09. The Morgan fingerprint density at radius 3 is 3.05 bits per heavy atom. The SMILES string of the molecule is COCc1csc(CNS(=O)(=O)N2CCCC(C(=O)O)C2)c1. The summed E-state index contributed by atoms with van der Waals surface area (Å²) in [5.74, 6) is -1.57. The van der Waals surface area contributed by atoms with Crippen LogP contribution in [-0.2, 0) is 32.9 Å². The fourth-order valence-corrected chi connectivity index (χ4v) is 4.55. The van der Waals surface area contributed by atoms with Crippen LogP contribution in [0.25, 0.3) is 0 Å². The number of piperidine rings is 1. The average Bonchev–Trinajstić information content (AvgIpc) is 2.94. The summed E-state index contributed by atoms with van der Waals surface area (Å²) < 4.78 is 33.3. The van der Waals surface area contributed by atoms with Gasteiger partial charge in [0.05, 0.1) is 12.5 Å². The maximum atomic E-state index is 12.3. The minimum atomic E-state index is -3.66. The van der Waals surface area contributed by atoms with Crippen molar-refractivity contribution in [1.82, 2.24) is 9.03 Å². The van der Waals surface area contributed by atoms with E-state index >= 15 is 0 Å². The molecule has 0 saturated carbocycles. The Morgan fingerprint density at radius 2 is 2.36 bits per heavy atom. The lowest BCUT2D eigenvalue weighted by atomic mass is 10.0. The number of hydrogen-bond acceptors (Lipinski definition) is 5. The molecule has 0 amide bonds.